The van der Waals surface area contributed by atoms with E-state index in [0.717, 1.165) is 24.1 Å². The van der Waals surface area contributed by atoms with E-state index in [1.165, 1.54) is 20.0 Å². The van der Waals surface area contributed by atoms with Gasteiger partial charge in [0.2, 0.25) is 0 Å². The first-order chi connectivity index (χ1) is 10.3. The molecule has 0 bridgehead atoms. The average Bonchev–Trinajstić information content (AvgIpc) is 3.16. The molecule has 1 aliphatic rings. The summed E-state index contributed by atoms with van der Waals surface area (Å²) in [4.78, 5) is 11.9. The fourth-order valence-electron chi connectivity index (χ4n) is 3.04. The molecule has 2 aromatic rings. The van der Waals surface area contributed by atoms with Gasteiger partial charge < -0.3 is 4.74 Å². The van der Waals surface area contributed by atoms with Crippen LogP contribution in [0.4, 0.5) is 0 Å². The van der Waals surface area contributed by atoms with Crippen LogP contribution in [0.2, 0.25) is 0 Å². The third-order valence-corrected chi connectivity index (χ3v) is 4.07. The molecule has 21 heavy (non-hydrogen) atoms. The summed E-state index contributed by atoms with van der Waals surface area (Å²) in [6, 6.07) is 10.1. The van der Waals surface area contributed by atoms with E-state index in [9.17, 15) is 4.79 Å². The monoisotopic (exact) mass is 285 g/mol. The molecule has 0 atom stereocenters. The van der Waals surface area contributed by atoms with Crippen molar-refractivity contribution < 1.29 is 9.53 Å². The second-order valence-electron chi connectivity index (χ2n) is 5.44. The normalized spacial score (nSPS) is 15.3. The Bertz CT molecular complexity index is 616. The standard InChI is InChI=1S/C16H19N3O2/c1-21-16(20)14-15(13-9-5-6-10-13)19(18-17-14)11-12-7-3-2-4-8-12/h2-4,7-8,13H,5-6,9-11H2,1H3. The average molecular weight is 285 g/mol. The number of aromatic nitrogens is 3. The molecule has 1 aliphatic carbocycles. The lowest BCUT2D eigenvalue weighted by Crippen LogP contribution is -2.13. The Kier molecular flexibility index (Phi) is 3.99. The van der Waals surface area contributed by atoms with E-state index in [1.807, 2.05) is 22.9 Å². The van der Waals surface area contributed by atoms with Gasteiger partial charge in [-0.25, -0.2) is 9.48 Å². The minimum absolute atomic E-state index is 0.359. The number of hydrogen-bond donors (Lipinski definition) is 0. The predicted octanol–water partition coefficient (Wildman–Crippen LogP) is 2.77. The number of esters is 1. The minimum Gasteiger partial charge on any atom is -0.464 e. The van der Waals surface area contributed by atoms with Gasteiger partial charge in [0.1, 0.15) is 0 Å². The summed E-state index contributed by atoms with van der Waals surface area (Å²) in [6.07, 6.45) is 4.57. The van der Waals surface area contributed by atoms with Crippen LogP contribution in [-0.2, 0) is 11.3 Å². The second-order valence-corrected chi connectivity index (χ2v) is 5.44. The number of carbonyl (C=O) groups excluding carboxylic acids is 1. The highest BCUT2D eigenvalue weighted by atomic mass is 16.5. The summed E-state index contributed by atoms with van der Waals surface area (Å²) in [5.74, 6) is -0.0333. The molecule has 110 valence electrons. The maximum atomic E-state index is 11.9. The number of hydrogen-bond acceptors (Lipinski definition) is 4. The third-order valence-electron chi connectivity index (χ3n) is 4.07. The highest BCUT2D eigenvalue weighted by molar-refractivity contribution is 5.88. The minimum atomic E-state index is -0.392. The molecule has 3 rings (SSSR count). The highest BCUT2D eigenvalue weighted by Gasteiger charge is 2.29. The van der Waals surface area contributed by atoms with Gasteiger partial charge in [0.15, 0.2) is 5.69 Å². The Morgan fingerprint density at radius 1 is 1.29 bits per heavy atom. The number of carbonyl (C=O) groups is 1. The molecule has 1 aromatic carbocycles. The lowest BCUT2D eigenvalue weighted by molar-refractivity contribution is 0.0592. The molecule has 1 aromatic heterocycles. The zero-order chi connectivity index (χ0) is 14.7. The molecule has 0 N–H and O–H groups in total. The quantitative estimate of drug-likeness (QED) is 0.811. The zero-order valence-corrected chi connectivity index (χ0v) is 12.2. The van der Waals surface area contributed by atoms with Gasteiger partial charge in [-0.05, 0) is 18.4 Å². The van der Waals surface area contributed by atoms with Gasteiger partial charge in [-0.3, -0.25) is 0 Å². The maximum Gasteiger partial charge on any atom is 0.360 e. The van der Waals surface area contributed by atoms with Crippen LogP contribution in [0, 0.1) is 0 Å². The molecule has 5 nitrogen and oxygen atoms in total. The lowest BCUT2D eigenvalue weighted by Gasteiger charge is -2.13. The van der Waals surface area contributed by atoms with Gasteiger partial charge in [0.05, 0.1) is 19.3 Å². The van der Waals surface area contributed by atoms with E-state index in [0.29, 0.717) is 18.2 Å². The number of nitrogens with zero attached hydrogens (tertiary/aromatic N) is 3. The largest absolute Gasteiger partial charge is 0.464 e. The Morgan fingerprint density at radius 3 is 2.67 bits per heavy atom. The molecule has 0 radical (unpaired) electrons. The molecular formula is C16H19N3O2. The van der Waals surface area contributed by atoms with E-state index in [-0.39, 0.29) is 0 Å². The first kappa shape index (κ1) is 13.8. The van der Waals surface area contributed by atoms with E-state index in [1.54, 1.807) is 0 Å². The van der Waals surface area contributed by atoms with Gasteiger partial charge in [-0.15, -0.1) is 5.10 Å². The van der Waals surface area contributed by atoms with Crippen molar-refractivity contribution >= 4 is 5.97 Å². The predicted molar refractivity (Wildman–Crippen MR) is 78.1 cm³/mol. The molecule has 5 heteroatoms. The van der Waals surface area contributed by atoms with Crippen molar-refractivity contribution in [1.82, 2.24) is 15.0 Å². The molecule has 0 spiro atoms. The Morgan fingerprint density at radius 2 is 2.00 bits per heavy atom. The first-order valence-electron chi connectivity index (χ1n) is 7.35. The van der Waals surface area contributed by atoms with Gasteiger partial charge in [-0.2, -0.15) is 0 Å². The smallest absolute Gasteiger partial charge is 0.360 e. The van der Waals surface area contributed by atoms with Gasteiger partial charge >= 0.3 is 5.97 Å². The number of ether oxygens (including phenoxy) is 1. The summed E-state index contributed by atoms with van der Waals surface area (Å²) in [5.41, 5.74) is 2.46. The first-order valence-corrected chi connectivity index (χ1v) is 7.35. The van der Waals surface area contributed by atoms with E-state index in [2.05, 4.69) is 22.4 Å². The molecule has 1 heterocycles. The molecule has 1 fully saturated rings. The van der Waals surface area contributed by atoms with Crippen molar-refractivity contribution in [3.05, 3.63) is 47.3 Å². The van der Waals surface area contributed by atoms with Gasteiger partial charge in [-0.1, -0.05) is 48.4 Å². The molecule has 0 amide bonds. The van der Waals surface area contributed by atoms with E-state index < -0.39 is 5.97 Å². The topological polar surface area (TPSA) is 57.0 Å². The molecule has 0 aliphatic heterocycles. The second kappa shape index (κ2) is 6.08. The van der Waals surface area contributed by atoms with Crippen molar-refractivity contribution in [2.24, 2.45) is 0 Å². The molecule has 0 unspecified atom stereocenters. The van der Waals surface area contributed by atoms with Crippen LogP contribution < -0.4 is 0 Å². The van der Waals surface area contributed by atoms with Gasteiger partial charge in [0.25, 0.3) is 0 Å². The fourth-order valence-corrected chi connectivity index (χ4v) is 3.04. The van der Waals surface area contributed by atoms with Crippen molar-refractivity contribution in [1.29, 1.82) is 0 Å². The van der Waals surface area contributed by atoms with E-state index in [4.69, 9.17) is 4.74 Å². The van der Waals surface area contributed by atoms with Crippen LogP contribution in [0.15, 0.2) is 30.3 Å². The molecular weight excluding hydrogens is 266 g/mol. The summed E-state index contributed by atoms with van der Waals surface area (Å²) < 4.78 is 6.70. The van der Waals surface area contributed by atoms with E-state index >= 15 is 0 Å². The summed E-state index contributed by atoms with van der Waals surface area (Å²) in [7, 11) is 1.39. The molecule has 0 saturated heterocycles. The van der Waals surface area contributed by atoms with Crippen molar-refractivity contribution in [2.45, 2.75) is 38.1 Å². The van der Waals surface area contributed by atoms with Crippen LogP contribution in [0.3, 0.4) is 0 Å². The Labute approximate surface area is 123 Å². The highest BCUT2D eigenvalue weighted by Crippen LogP contribution is 2.35. The Balaban J connectivity index is 1.95. The summed E-state index contributed by atoms with van der Waals surface area (Å²) in [5, 5.41) is 8.26. The van der Waals surface area contributed by atoms with Crippen LogP contribution in [0.25, 0.3) is 0 Å². The SMILES string of the molecule is COC(=O)c1nnn(Cc2ccccc2)c1C1CCCC1. The number of rotatable bonds is 4. The summed E-state index contributed by atoms with van der Waals surface area (Å²) >= 11 is 0. The van der Waals surface area contributed by atoms with Crippen LogP contribution in [-0.4, -0.2) is 28.1 Å². The van der Waals surface area contributed by atoms with Crippen molar-refractivity contribution in [3.63, 3.8) is 0 Å². The zero-order valence-electron chi connectivity index (χ0n) is 12.2. The maximum absolute atomic E-state index is 11.9. The summed E-state index contributed by atoms with van der Waals surface area (Å²) in [6.45, 7) is 0.636. The van der Waals surface area contributed by atoms with Crippen molar-refractivity contribution in [2.75, 3.05) is 7.11 Å². The van der Waals surface area contributed by atoms with Crippen LogP contribution >= 0.6 is 0 Å². The fraction of sp³-hybridized carbons (Fsp3) is 0.438. The van der Waals surface area contributed by atoms with Crippen LogP contribution in [0.1, 0.15) is 53.3 Å². The number of benzene rings is 1. The Hall–Kier alpha value is -2.17. The van der Waals surface area contributed by atoms with Gasteiger partial charge in [0, 0.05) is 5.92 Å². The molecule has 1 saturated carbocycles. The third kappa shape index (κ3) is 2.82. The number of methoxy groups -OCH3 is 1. The lowest BCUT2D eigenvalue weighted by atomic mass is 10.0. The van der Waals surface area contributed by atoms with Crippen LogP contribution in [0.5, 0.6) is 0 Å². The van der Waals surface area contributed by atoms with Crippen molar-refractivity contribution in [3.8, 4) is 0 Å².